The van der Waals surface area contributed by atoms with Crippen LogP contribution < -0.4 is 4.90 Å². The third-order valence-electron chi connectivity index (χ3n) is 4.35. The number of aliphatic carboxylic acids is 1. The summed E-state index contributed by atoms with van der Waals surface area (Å²) in [5.74, 6) is -0.218. The second kappa shape index (κ2) is 5.12. The fourth-order valence-corrected chi connectivity index (χ4v) is 3.63. The Morgan fingerprint density at radius 1 is 1.35 bits per heavy atom. The van der Waals surface area contributed by atoms with Crippen molar-refractivity contribution in [1.29, 1.82) is 0 Å². The number of hydrogen-bond acceptors (Lipinski definition) is 2. The van der Waals surface area contributed by atoms with Gasteiger partial charge in [0.2, 0.25) is 0 Å². The highest BCUT2D eigenvalue weighted by Crippen LogP contribution is 2.45. The fraction of sp³-hybridized carbons (Fsp3) is 0.588. The second-order valence-electron chi connectivity index (χ2n) is 6.87. The first-order valence-electron chi connectivity index (χ1n) is 7.37. The summed E-state index contributed by atoms with van der Waals surface area (Å²) < 4.78 is 0. The van der Waals surface area contributed by atoms with Crippen molar-refractivity contribution in [1.82, 2.24) is 0 Å². The van der Waals surface area contributed by atoms with Crippen LogP contribution in [-0.2, 0) is 4.79 Å². The van der Waals surface area contributed by atoms with Gasteiger partial charge in [0.25, 0.3) is 0 Å². The lowest BCUT2D eigenvalue weighted by atomic mass is 9.78. The molecule has 1 heterocycles. The van der Waals surface area contributed by atoms with Gasteiger partial charge in [0.05, 0.1) is 0 Å². The molecule has 0 aromatic heterocycles. The highest BCUT2D eigenvalue weighted by atomic mass is 16.4. The molecule has 0 unspecified atom stereocenters. The molecule has 110 valence electrons. The van der Waals surface area contributed by atoms with Crippen LogP contribution in [0.1, 0.15) is 52.5 Å². The van der Waals surface area contributed by atoms with Gasteiger partial charge in [-0.1, -0.05) is 39.0 Å². The molecule has 1 aromatic rings. The smallest absolute Gasteiger partial charge is 0.326 e. The van der Waals surface area contributed by atoms with Crippen LogP contribution >= 0.6 is 0 Å². The molecule has 1 aromatic carbocycles. The Bertz CT molecular complexity index is 507. The van der Waals surface area contributed by atoms with Gasteiger partial charge in [-0.15, -0.1) is 0 Å². The number of carbonyl (C=O) groups is 1. The zero-order valence-electron chi connectivity index (χ0n) is 13.1. The molecule has 3 heteroatoms. The lowest BCUT2D eigenvalue weighted by Crippen LogP contribution is -2.58. The Balaban J connectivity index is 2.59. The lowest BCUT2D eigenvalue weighted by Gasteiger charge is -2.51. The quantitative estimate of drug-likeness (QED) is 0.910. The van der Waals surface area contributed by atoms with Gasteiger partial charge in [-0.3, -0.25) is 0 Å². The van der Waals surface area contributed by atoms with E-state index in [1.54, 1.807) is 0 Å². The topological polar surface area (TPSA) is 40.5 Å². The summed E-state index contributed by atoms with van der Waals surface area (Å²) in [6, 6.07) is 7.74. The molecule has 0 saturated heterocycles. The summed E-state index contributed by atoms with van der Waals surface area (Å²) in [5, 5.41) is 9.68. The molecule has 20 heavy (non-hydrogen) atoms. The van der Waals surface area contributed by atoms with Gasteiger partial charge in [0, 0.05) is 11.2 Å². The normalized spacial score (nSPS) is 22.5. The summed E-state index contributed by atoms with van der Waals surface area (Å²) in [6.07, 6.45) is 0.973. The first kappa shape index (κ1) is 14.9. The van der Waals surface area contributed by atoms with E-state index < -0.39 is 12.0 Å². The van der Waals surface area contributed by atoms with Gasteiger partial charge < -0.3 is 10.0 Å². The molecule has 2 atom stereocenters. The Morgan fingerprint density at radius 3 is 2.50 bits per heavy atom. The van der Waals surface area contributed by atoms with Gasteiger partial charge in [-0.25, -0.2) is 4.79 Å². The van der Waals surface area contributed by atoms with E-state index in [4.69, 9.17) is 0 Å². The number of anilines is 1. The predicted octanol–water partition coefficient (Wildman–Crippen LogP) is 3.89. The molecular weight excluding hydrogens is 250 g/mol. The molecule has 0 bridgehead atoms. The maximum Gasteiger partial charge on any atom is 0.326 e. The largest absolute Gasteiger partial charge is 0.480 e. The van der Waals surface area contributed by atoms with E-state index in [2.05, 4.69) is 37.8 Å². The summed E-state index contributed by atoms with van der Waals surface area (Å²) in [6.45, 7) is 10.5. The van der Waals surface area contributed by atoms with Crippen molar-refractivity contribution in [3.05, 3.63) is 29.8 Å². The van der Waals surface area contributed by atoms with Crippen LogP contribution in [0.3, 0.4) is 0 Å². The molecular formula is C17H25NO2. The fourth-order valence-electron chi connectivity index (χ4n) is 3.63. The lowest BCUT2D eigenvalue weighted by molar-refractivity contribution is -0.140. The summed E-state index contributed by atoms with van der Waals surface area (Å²) in [7, 11) is 0. The average Bonchev–Trinajstić information content (AvgIpc) is 2.32. The Morgan fingerprint density at radius 2 is 1.95 bits per heavy atom. The van der Waals surface area contributed by atoms with Crippen LogP contribution in [0.5, 0.6) is 0 Å². The first-order valence-corrected chi connectivity index (χ1v) is 7.37. The highest BCUT2D eigenvalue weighted by Gasteiger charge is 2.43. The second-order valence-corrected chi connectivity index (χ2v) is 6.87. The van der Waals surface area contributed by atoms with Gasteiger partial charge in [-0.2, -0.15) is 0 Å². The van der Waals surface area contributed by atoms with E-state index in [-0.39, 0.29) is 11.5 Å². The monoisotopic (exact) mass is 275 g/mol. The van der Waals surface area contributed by atoms with Gasteiger partial charge in [0.15, 0.2) is 0 Å². The Labute approximate surface area is 121 Å². The highest BCUT2D eigenvalue weighted by molar-refractivity contribution is 5.80. The Kier molecular flexibility index (Phi) is 3.81. The minimum absolute atomic E-state index is 0.0632. The van der Waals surface area contributed by atoms with E-state index in [1.807, 2.05) is 26.0 Å². The zero-order valence-corrected chi connectivity index (χ0v) is 13.1. The molecule has 2 rings (SSSR count). The summed E-state index contributed by atoms with van der Waals surface area (Å²) in [5.41, 5.74) is 2.19. The third-order valence-corrected chi connectivity index (χ3v) is 4.35. The zero-order chi connectivity index (χ0) is 15.1. The van der Waals surface area contributed by atoms with Crippen LogP contribution in [-0.4, -0.2) is 22.7 Å². The number of fused-ring (bicyclic) bond motifs is 1. The molecule has 0 aliphatic carbocycles. The minimum atomic E-state index is -0.738. The molecule has 3 nitrogen and oxygen atoms in total. The van der Waals surface area contributed by atoms with Crippen molar-refractivity contribution in [2.45, 2.75) is 58.5 Å². The van der Waals surface area contributed by atoms with Crippen LogP contribution in [0.2, 0.25) is 0 Å². The number of hydrogen-bond donors (Lipinski definition) is 1. The molecule has 1 aliphatic heterocycles. The number of para-hydroxylation sites is 1. The molecule has 1 N–H and O–H groups in total. The van der Waals surface area contributed by atoms with Crippen LogP contribution in [0, 0.1) is 5.92 Å². The van der Waals surface area contributed by atoms with Crippen molar-refractivity contribution < 1.29 is 9.90 Å². The maximum absolute atomic E-state index is 11.8. The van der Waals surface area contributed by atoms with Gasteiger partial charge in [0.1, 0.15) is 6.04 Å². The molecule has 1 aliphatic rings. The van der Waals surface area contributed by atoms with Crippen molar-refractivity contribution in [3.8, 4) is 0 Å². The number of nitrogens with zero attached hydrogens (tertiary/aromatic N) is 1. The van der Waals surface area contributed by atoms with Crippen LogP contribution in [0.25, 0.3) is 0 Å². The van der Waals surface area contributed by atoms with Crippen LogP contribution in [0.4, 0.5) is 5.69 Å². The van der Waals surface area contributed by atoms with E-state index in [9.17, 15) is 9.90 Å². The molecule has 0 radical (unpaired) electrons. The minimum Gasteiger partial charge on any atom is -0.480 e. The number of carboxylic acids is 1. The van der Waals surface area contributed by atoms with Crippen molar-refractivity contribution in [2.24, 2.45) is 5.92 Å². The van der Waals surface area contributed by atoms with E-state index in [0.717, 1.165) is 12.1 Å². The van der Waals surface area contributed by atoms with Crippen LogP contribution in [0.15, 0.2) is 24.3 Å². The van der Waals surface area contributed by atoms with Crippen molar-refractivity contribution >= 4 is 11.7 Å². The van der Waals surface area contributed by atoms with E-state index >= 15 is 0 Å². The van der Waals surface area contributed by atoms with E-state index in [0.29, 0.717) is 5.92 Å². The van der Waals surface area contributed by atoms with Crippen molar-refractivity contribution in [2.75, 3.05) is 4.90 Å². The number of rotatable bonds is 3. The number of benzene rings is 1. The number of carboxylic acid groups (broad SMARTS) is 1. The third kappa shape index (κ3) is 2.41. The maximum atomic E-state index is 11.8. The standard InChI is InChI=1S/C17H25NO2/c1-11(2)15(16(19)20)18-14-9-7-6-8-13(14)12(3)10-17(18,4)5/h6-9,11-12,15H,10H2,1-5H3,(H,19,20)/t12-,15-/m1/s1. The molecule has 0 spiro atoms. The summed E-state index contributed by atoms with van der Waals surface area (Å²) >= 11 is 0. The molecule has 0 saturated carbocycles. The average molecular weight is 275 g/mol. The van der Waals surface area contributed by atoms with Crippen molar-refractivity contribution in [3.63, 3.8) is 0 Å². The van der Waals surface area contributed by atoms with Gasteiger partial charge in [-0.05, 0) is 43.7 Å². The van der Waals surface area contributed by atoms with Gasteiger partial charge >= 0.3 is 5.97 Å². The van der Waals surface area contributed by atoms with E-state index in [1.165, 1.54) is 5.56 Å². The SMILES string of the molecule is CC(C)[C@H](C(=O)O)N1c2ccccc2[C@H](C)CC1(C)C. The first-order chi connectivity index (χ1) is 9.25. The summed E-state index contributed by atoms with van der Waals surface area (Å²) in [4.78, 5) is 13.9. The molecule has 0 amide bonds. The molecule has 0 fully saturated rings. The predicted molar refractivity (Wildman–Crippen MR) is 82.3 cm³/mol. The Hall–Kier alpha value is -1.51.